The molecule has 34 heavy (non-hydrogen) atoms. The molecule has 0 saturated carbocycles. The topological polar surface area (TPSA) is 110 Å². The van der Waals surface area contributed by atoms with Gasteiger partial charge in [0.2, 0.25) is 22.7 Å². The molecule has 0 aliphatic carbocycles. The van der Waals surface area contributed by atoms with Crippen LogP contribution in [0.2, 0.25) is 0 Å². The molecule has 2 saturated heterocycles. The Morgan fingerprint density at radius 3 is 2.44 bits per heavy atom. The lowest BCUT2D eigenvalue weighted by atomic mass is 9.97. The van der Waals surface area contributed by atoms with Crippen molar-refractivity contribution in [1.82, 2.24) is 13.8 Å². The predicted molar refractivity (Wildman–Crippen MR) is 123 cm³/mol. The van der Waals surface area contributed by atoms with Crippen molar-refractivity contribution in [3.63, 3.8) is 0 Å². The van der Waals surface area contributed by atoms with E-state index in [2.05, 4.69) is 5.32 Å². The van der Waals surface area contributed by atoms with Crippen LogP contribution in [0.15, 0.2) is 35.4 Å². The fourth-order valence-electron chi connectivity index (χ4n) is 4.70. The summed E-state index contributed by atoms with van der Waals surface area (Å²) in [4.78, 5) is 27.4. The van der Waals surface area contributed by atoms with Crippen molar-refractivity contribution >= 4 is 27.5 Å². The number of nitrogens with one attached hydrogen (secondary N) is 1. The van der Waals surface area contributed by atoms with Crippen molar-refractivity contribution in [3.05, 3.63) is 36.2 Å². The number of benzene rings is 1. The normalized spacial score (nSPS) is 18.9. The van der Waals surface area contributed by atoms with Gasteiger partial charge in [0, 0.05) is 57.1 Å². The number of nitrogens with zero attached hydrogens (tertiary/aromatic N) is 3. The molecular formula is C23H28N4O6S. The van der Waals surface area contributed by atoms with E-state index in [1.165, 1.54) is 16.6 Å². The number of sulfonamides is 1. The van der Waals surface area contributed by atoms with Gasteiger partial charge in [-0.05, 0) is 43.9 Å². The molecule has 10 nitrogen and oxygen atoms in total. The smallest absolute Gasteiger partial charge is 0.270 e. The Morgan fingerprint density at radius 1 is 1.00 bits per heavy atom. The van der Waals surface area contributed by atoms with E-state index in [1.54, 1.807) is 34.7 Å². The van der Waals surface area contributed by atoms with E-state index in [4.69, 9.17) is 9.47 Å². The summed E-state index contributed by atoms with van der Waals surface area (Å²) in [6.45, 7) is 2.05. The maximum Gasteiger partial charge on any atom is 0.270 e. The summed E-state index contributed by atoms with van der Waals surface area (Å²) in [7, 11) is -2.07. The minimum Gasteiger partial charge on any atom is -0.454 e. The van der Waals surface area contributed by atoms with E-state index in [0.717, 1.165) is 12.8 Å². The minimum absolute atomic E-state index is 0.112. The van der Waals surface area contributed by atoms with Crippen LogP contribution in [0.25, 0.3) is 0 Å². The summed E-state index contributed by atoms with van der Waals surface area (Å²) < 4.78 is 40.1. The van der Waals surface area contributed by atoms with Gasteiger partial charge in [-0.15, -0.1) is 0 Å². The first-order chi connectivity index (χ1) is 16.3. The van der Waals surface area contributed by atoms with Crippen LogP contribution in [0, 0.1) is 5.92 Å². The molecule has 1 aromatic carbocycles. The second-order valence-corrected chi connectivity index (χ2v) is 10.8. The van der Waals surface area contributed by atoms with Crippen molar-refractivity contribution in [2.45, 2.75) is 30.6 Å². The van der Waals surface area contributed by atoms with Crippen LogP contribution in [-0.2, 0) is 21.9 Å². The highest BCUT2D eigenvalue weighted by Crippen LogP contribution is 2.34. The largest absolute Gasteiger partial charge is 0.454 e. The molecule has 5 rings (SSSR count). The number of carbonyl (C=O) groups excluding carboxylic acids is 2. The minimum atomic E-state index is -3.76. The number of aromatic nitrogens is 1. The number of hydrogen-bond acceptors (Lipinski definition) is 6. The molecule has 0 unspecified atom stereocenters. The molecule has 2 amide bonds. The standard InChI is InChI=1S/C23H28N4O6S/c1-25-14-18(13-19(25)23(29)26-8-2-3-9-26)34(30,31)27-10-6-16(7-11-27)22(28)24-17-4-5-20-21(12-17)33-15-32-20/h4-5,12-14,16H,2-3,6-11,15H2,1H3,(H,24,28). The number of likely N-dealkylation sites (tertiary alicyclic amines) is 1. The van der Waals surface area contributed by atoms with E-state index in [9.17, 15) is 18.0 Å². The second kappa shape index (κ2) is 8.95. The molecule has 2 aromatic rings. The van der Waals surface area contributed by atoms with Crippen LogP contribution < -0.4 is 14.8 Å². The second-order valence-electron chi connectivity index (χ2n) is 8.91. The average Bonchev–Trinajstić information content (AvgIpc) is 3.59. The van der Waals surface area contributed by atoms with Gasteiger partial charge in [-0.25, -0.2) is 8.42 Å². The van der Waals surface area contributed by atoms with Crippen LogP contribution in [0.1, 0.15) is 36.2 Å². The lowest BCUT2D eigenvalue weighted by molar-refractivity contribution is -0.120. The highest BCUT2D eigenvalue weighted by molar-refractivity contribution is 7.89. The first-order valence-electron chi connectivity index (χ1n) is 11.5. The SMILES string of the molecule is Cn1cc(S(=O)(=O)N2CCC(C(=O)Nc3ccc4c(c3)OCO4)CC2)cc1C(=O)N1CCCC1. The quantitative estimate of drug-likeness (QED) is 0.690. The molecule has 1 N–H and O–H groups in total. The number of hydrogen-bond donors (Lipinski definition) is 1. The lowest BCUT2D eigenvalue weighted by Crippen LogP contribution is -2.41. The van der Waals surface area contributed by atoms with Gasteiger partial charge in [0.15, 0.2) is 11.5 Å². The molecule has 4 heterocycles. The molecule has 0 bridgehead atoms. The van der Waals surface area contributed by atoms with Gasteiger partial charge in [0.05, 0.1) is 0 Å². The summed E-state index contributed by atoms with van der Waals surface area (Å²) in [6.07, 6.45) is 4.28. The fraction of sp³-hybridized carbons (Fsp3) is 0.478. The lowest BCUT2D eigenvalue weighted by Gasteiger charge is -2.30. The van der Waals surface area contributed by atoms with Crippen molar-refractivity contribution in [3.8, 4) is 11.5 Å². The number of anilines is 1. The summed E-state index contributed by atoms with van der Waals surface area (Å²) in [5.74, 6) is 0.654. The van der Waals surface area contributed by atoms with Crippen LogP contribution >= 0.6 is 0 Å². The van der Waals surface area contributed by atoms with Crippen LogP contribution in [0.5, 0.6) is 11.5 Å². The number of piperidine rings is 1. The Hall–Kier alpha value is -3.05. The molecule has 2 fully saturated rings. The van der Waals surface area contributed by atoms with Gasteiger partial charge < -0.3 is 24.3 Å². The molecule has 3 aliphatic rings. The zero-order valence-corrected chi connectivity index (χ0v) is 19.8. The zero-order valence-electron chi connectivity index (χ0n) is 19.0. The number of amides is 2. The Bertz CT molecular complexity index is 1210. The van der Waals surface area contributed by atoms with Crippen molar-refractivity contribution in [2.75, 3.05) is 38.3 Å². The number of aryl methyl sites for hydroxylation is 1. The van der Waals surface area contributed by atoms with Crippen LogP contribution in [-0.4, -0.2) is 67.0 Å². The van der Waals surface area contributed by atoms with Crippen molar-refractivity contribution < 1.29 is 27.5 Å². The molecule has 11 heteroatoms. The maximum atomic E-state index is 13.2. The van der Waals surface area contributed by atoms with Gasteiger partial charge in [0.25, 0.3) is 5.91 Å². The molecule has 182 valence electrons. The molecule has 0 radical (unpaired) electrons. The van der Waals surface area contributed by atoms with E-state index in [0.29, 0.717) is 48.8 Å². The highest BCUT2D eigenvalue weighted by atomic mass is 32.2. The van der Waals surface area contributed by atoms with E-state index in [-0.39, 0.29) is 42.5 Å². The number of fused-ring (bicyclic) bond motifs is 1. The Labute approximate surface area is 198 Å². The molecule has 0 atom stereocenters. The number of ether oxygens (including phenoxy) is 2. The molecule has 0 spiro atoms. The fourth-order valence-corrected chi connectivity index (χ4v) is 6.24. The average molecular weight is 489 g/mol. The highest BCUT2D eigenvalue weighted by Gasteiger charge is 2.34. The van der Waals surface area contributed by atoms with Crippen molar-refractivity contribution in [1.29, 1.82) is 0 Å². The Morgan fingerprint density at radius 2 is 1.71 bits per heavy atom. The first kappa shape index (κ1) is 22.7. The maximum absolute atomic E-state index is 13.2. The number of carbonyl (C=O) groups is 2. The third-order valence-electron chi connectivity index (χ3n) is 6.69. The molecular weight excluding hydrogens is 460 g/mol. The summed E-state index contributed by atoms with van der Waals surface area (Å²) in [6, 6.07) is 6.68. The van der Waals surface area contributed by atoms with Gasteiger partial charge in [-0.3, -0.25) is 9.59 Å². The van der Waals surface area contributed by atoms with Gasteiger partial charge in [-0.2, -0.15) is 4.31 Å². The molecule has 3 aliphatic heterocycles. The van der Waals surface area contributed by atoms with Gasteiger partial charge in [0.1, 0.15) is 10.6 Å². The van der Waals surface area contributed by atoms with Crippen LogP contribution in [0.3, 0.4) is 0 Å². The van der Waals surface area contributed by atoms with E-state index < -0.39 is 10.0 Å². The first-order valence-corrected chi connectivity index (χ1v) is 12.9. The van der Waals surface area contributed by atoms with Crippen LogP contribution in [0.4, 0.5) is 5.69 Å². The van der Waals surface area contributed by atoms with Crippen molar-refractivity contribution in [2.24, 2.45) is 13.0 Å². The third-order valence-corrected chi connectivity index (χ3v) is 8.56. The number of rotatable bonds is 5. The Balaban J connectivity index is 1.21. The summed E-state index contributed by atoms with van der Waals surface area (Å²) in [5, 5.41) is 2.89. The zero-order chi connectivity index (χ0) is 23.9. The monoisotopic (exact) mass is 488 g/mol. The summed E-state index contributed by atoms with van der Waals surface area (Å²) >= 11 is 0. The summed E-state index contributed by atoms with van der Waals surface area (Å²) in [5.41, 5.74) is 0.988. The van der Waals surface area contributed by atoms with E-state index in [1.807, 2.05) is 0 Å². The van der Waals surface area contributed by atoms with Gasteiger partial charge >= 0.3 is 0 Å². The van der Waals surface area contributed by atoms with E-state index >= 15 is 0 Å². The third kappa shape index (κ3) is 4.25. The predicted octanol–water partition coefficient (Wildman–Crippen LogP) is 2.03. The molecule has 1 aromatic heterocycles. The van der Waals surface area contributed by atoms with Gasteiger partial charge in [-0.1, -0.05) is 0 Å². The Kier molecular flexibility index (Phi) is 5.98.